The van der Waals surface area contributed by atoms with Crippen molar-refractivity contribution in [3.8, 4) is 17.6 Å². The van der Waals surface area contributed by atoms with Gasteiger partial charge in [-0.2, -0.15) is 9.57 Å². The summed E-state index contributed by atoms with van der Waals surface area (Å²) in [7, 11) is -3.89. The molecule has 2 aliphatic heterocycles. The molecule has 11 nitrogen and oxygen atoms in total. The van der Waals surface area contributed by atoms with Gasteiger partial charge >= 0.3 is 5.97 Å². The van der Waals surface area contributed by atoms with Crippen molar-refractivity contribution in [2.75, 3.05) is 45.0 Å². The molecule has 1 amide bonds. The summed E-state index contributed by atoms with van der Waals surface area (Å²) in [5.74, 6) is -0.730. The molecule has 4 rings (SSSR count). The summed E-state index contributed by atoms with van der Waals surface area (Å²) in [6, 6.07) is 11.2. The highest BCUT2D eigenvalue weighted by molar-refractivity contribution is 7.89. The maximum Gasteiger partial charge on any atom is 0.349 e. The van der Waals surface area contributed by atoms with Crippen molar-refractivity contribution in [3.63, 3.8) is 0 Å². The summed E-state index contributed by atoms with van der Waals surface area (Å²) in [6.45, 7) is 2.07. The van der Waals surface area contributed by atoms with Crippen molar-refractivity contribution in [3.05, 3.63) is 53.1 Å². The molecule has 0 radical (unpaired) electrons. The number of nitrogens with one attached hydrogen (secondary N) is 1. The van der Waals surface area contributed by atoms with Crippen LogP contribution >= 0.6 is 0 Å². The van der Waals surface area contributed by atoms with Gasteiger partial charge in [-0.3, -0.25) is 4.79 Å². The summed E-state index contributed by atoms with van der Waals surface area (Å²) in [5, 5.41) is 11.9. The van der Waals surface area contributed by atoms with Gasteiger partial charge in [0.1, 0.15) is 16.5 Å². The first-order chi connectivity index (χ1) is 17.3. The van der Waals surface area contributed by atoms with Crippen LogP contribution in [0.25, 0.3) is 6.08 Å². The molecule has 0 aromatic heterocycles. The summed E-state index contributed by atoms with van der Waals surface area (Å²) in [6.07, 6.45) is 1.30. The molecular weight excluding hydrogens is 490 g/mol. The van der Waals surface area contributed by atoms with E-state index in [4.69, 9.17) is 18.9 Å². The first kappa shape index (κ1) is 25.2. The van der Waals surface area contributed by atoms with Crippen molar-refractivity contribution in [1.82, 2.24) is 4.31 Å². The number of esters is 1. The Kier molecular flexibility index (Phi) is 7.54. The number of sulfonamides is 1. The van der Waals surface area contributed by atoms with Crippen LogP contribution in [0.3, 0.4) is 0 Å². The van der Waals surface area contributed by atoms with E-state index in [1.165, 1.54) is 22.5 Å². The molecule has 2 heterocycles. The third kappa shape index (κ3) is 5.65. The minimum absolute atomic E-state index is 0.0598. The van der Waals surface area contributed by atoms with Crippen molar-refractivity contribution < 1.29 is 37.0 Å². The average molecular weight is 514 g/mol. The Morgan fingerprint density at radius 3 is 2.64 bits per heavy atom. The fraction of sp³-hybridized carbons (Fsp3) is 0.292. The molecule has 0 bridgehead atoms. The minimum atomic E-state index is -3.89. The second-order valence-corrected chi connectivity index (χ2v) is 9.83. The van der Waals surface area contributed by atoms with E-state index in [1.54, 1.807) is 37.3 Å². The Morgan fingerprint density at radius 2 is 1.89 bits per heavy atom. The van der Waals surface area contributed by atoms with Gasteiger partial charge in [-0.15, -0.1) is 0 Å². The van der Waals surface area contributed by atoms with Crippen LogP contribution in [0.2, 0.25) is 0 Å². The minimum Gasteiger partial charge on any atom is -0.454 e. The summed E-state index contributed by atoms with van der Waals surface area (Å²) in [5.41, 5.74) is 0.936. The number of rotatable bonds is 7. The van der Waals surface area contributed by atoms with E-state index >= 15 is 0 Å². The van der Waals surface area contributed by atoms with E-state index in [9.17, 15) is 23.3 Å². The van der Waals surface area contributed by atoms with Gasteiger partial charge in [0.25, 0.3) is 5.91 Å². The van der Waals surface area contributed by atoms with Crippen LogP contribution in [0.5, 0.6) is 11.5 Å². The molecule has 1 N–H and O–H groups in total. The van der Waals surface area contributed by atoms with Crippen molar-refractivity contribution in [1.29, 1.82) is 5.26 Å². The number of carbonyl (C=O) groups is 2. The molecule has 0 atom stereocenters. The number of hydrogen-bond donors (Lipinski definition) is 1. The number of nitrogens with zero attached hydrogens (tertiary/aromatic N) is 2. The highest BCUT2D eigenvalue weighted by Crippen LogP contribution is 2.33. The van der Waals surface area contributed by atoms with Gasteiger partial charge in [-0.1, -0.05) is 12.1 Å². The smallest absolute Gasteiger partial charge is 0.349 e. The van der Waals surface area contributed by atoms with Crippen LogP contribution in [-0.4, -0.2) is 64.3 Å². The molecule has 1 saturated heterocycles. The molecule has 2 aromatic carbocycles. The Morgan fingerprint density at radius 1 is 1.14 bits per heavy atom. The van der Waals surface area contributed by atoms with E-state index in [-0.39, 0.29) is 49.3 Å². The van der Waals surface area contributed by atoms with Crippen molar-refractivity contribution >= 4 is 33.7 Å². The first-order valence-corrected chi connectivity index (χ1v) is 12.4. The van der Waals surface area contributed by atoms with Crippen molar-refractivity contribution in [2.45, 2.75) is 11.8 Å². The lowest BCUT2D eigenvalue weighted by atomic mass is 10.1. The lowest BCUT2D eigenvalue weighted by Crippen LogP contribution is -2.41. The van der Waals surface area contributed by atoms with Gasteiger partial charge in [0.2, 0.25) is 16.8 Å². The number of morpholine rings is 1. The number of ether oxygens (including phenoxy) is 4. The summed E-state index contributed by atoms with van der Waals surface area (Å²) < 4.78 is 48.3. The van der Waals surface area contributed by atoms with Crippen LogP contribution in [0, 0.1) is 18.3 Å². The lowest BCUT2D eigenvalue weighted by Gasteiger charge is -2.27. The molecule has 0 spiro atoms. The summed E-state index contributed by atoms with van der Waals surface area (Å²) in [4.78, 5) is 24.8. The zero-order valence-corrected chi connectivity index (χ0v) is 20.2. The normalized spacial score (nSPS) is 15.7. The van der Waals surface area contributed by atoms with E-state index < -0.39 is 28.5 Å². The second-order valence-electron chi connectivity index (χ2n) is 7.92. The Bertz CT molecular complexity index is 1360. The molecule has 12 heteroatoms. The molecule has 188 valence electrons. The maximum atomic E-state index is 13.2. The highest BCUT2D eigenvalue weighted by Gasteiger charge is 2.29. The Hall–Kier alpha value is -3.92. The highest BCUT2D eigenvalue weighted by atomic mass is 32.2. The number of amides is 1. The fourth-order valence-electron chi connectivity index (χ4n) is 3.57. The number of benzene rings is 2. The second kappa shape index (κ2) is 10.8. The van der Waals surface area contributed by atoms with E-state index in [2.05, 4.69) is 5.32 Å². The van der Waals surface area contributed by atoms with Crippen LogP contribution in [-0.2, 0) is 29.1 Å². The predicted octanol–water partition coefficient (Wildman–Crippen LogP) is 1.83. The average Bonchev–Trinajstić information content (AvgIpc) is 3.35. The zero-order valence-electron chi connectivity index (χ0n) is 19.4. The first-order valence-electron chi connectivity index (χ1n) is 10.9. The Labute approximate surface area is 207 Å². The van der Waals surface area contributed by atoms with E-state index in [0.29, 0.717) is 22.6 Å². The van der Waals surface area contributed by atoms with Crippen LogP contribution in [0.15, 0.2) is 46.9 Å². The van der Waals surface area contributed by atoms with Gasteiger partial charge in [0, 0.05) is 13.1 Å². The third-order valence-electron chi connectivity index (χ3n) is 5.38. The predicted molar refractivity (Wildman–Crippen MR) is 127 cm³/mol. The molecular formula is C24H23N3O8S. The SMILES string of the molecule is Cc1ccc(NC(=O)COC(=O)/C(C#N)=C\c2ccc3c(c2)OCO3)c(S(=O)(=O)N2CCOCC2)c1. The lowest BCUT2D eigenvalue weighted by molar-refractivity contribution is -0.142. The third-order valence-corrected chi connectivity index (χ3v) is 7.32. The van der Waals surface area contributed by atoms with Crippen LogP contribution in [0.1, 0.15) is 11.1 Å². The summed E-state index contributed by atoms with van der Waals surface area (Å²) >= 11 is 0. The fourth-order valence-corrected chi connectivity index (χ4v) is 5.21. The van der Waals surface area contributed by atoms with E-state index in [0.717, 1.165) is 0 Å². The maximum absolute atomic E-state index is 13.2. The number of hydrogen-bond acceptors (Lipinski definition) is 9. The number of carbonyl (C=O) groups excluding carboxylic acids is 2. The molecule has 0 saturated carbocycles. The monoisotopic (exact) mass is 513 g/mol. The van der Waals surface area contributed by atoms with Gasteiger partial charge in [-0.25, -0.2) is 13.2 Å². The van der Waals surface area contributed by atoms with E-state index in [1.807, 2.05) is 0 Å². The van der Waals surface area contributed by atoms with Gasteiger partial charge in [0.05, 0.1) is 18.9 Å². The molecule has 2 aromatic rings. The van der Waals surface area contributed by atoms with Gasteiger partial charge in [-0.05, 0) is 48.4 Å². The number of nitriles is 1. The number of aryl methyl sites for hydroxylation is 1. The molecule has 0 unspecified atom stereocenters. The molecule has 1 fully saturated rings. The quantitative estimate of drug-likeness (QED) is 0.333. The van der Waals surface area contributed by atoms with Crippen LogP contribution in [0.4, 0.5) is 5.69 Å². The molecule has 2 aliphatic rings. The largest absolute Gasteiger partial charge is 0.454 e. The van der Waals surface area contributed by atoms with Crippen LogP contribution < -0.4 is 14.8 Å². The zero-order chi connectivity index (χ0) is 25.7. The van der Waals surface area contributed by atoms with Crippen molar-refractivity contribution in [2.24, 2.45) is 0 Å². The number of anilines is 1. The topological polar surface area (TPSA) is 144 Å². The van der Waals surface area contributed by atoms with Gasteiger partial charge in [0.15, 0.2) is 18.1 Å². The molecule has 36 heavy (non-hydrogen) atoms. The van der Waals surface area contributed by atoms with Gasteiger partial charge < -0.3 is 24.3 Å². The molecule has 0 aliphatic carbocycles. The Balaban J connectivity index is 1.43. The standard InChI is InChI=1S/C24H23N3O8S/c1-16-2-4-19(22(10-16)36(30,31)27-6-8-32-9-7-27)26-23(28)14-33-24(29)18(13-25)11-17-3-5-20-21(12-17)35-15-34-20/h2-5,10-12H,6-9,14-15H2,1H3,(H,26,28)/b18-11-. The number of fused-ring (bicyclic) bond motifs is 1.